The number of rotatable bonds is 6. The van der Waals surface area contributed by atoms with Crippen molar-refractivity contribution in [2.75, 3.05) is 20.6 Å². The Morgan fingerprint density at radius 2 is 1.67 bits per heavy atom. The summed E-state index contributed by atoms with van der Waals surface area (Å²) in [4.78, 5) is 2.09. The maximum Gasteiger partial charge on any atom is 0.203 e. The highest BCUT2D eigenvalue weighted by Gasteiger charge is 2.16. The lowest BCUT2D eigenvalue weighted by Gasteiger charge is -2.14. The number of likely N-dealkylation sites (N-methyl/N-ethyl adjacent to an activating group) is 1. The number of fused-ring (bicyclic) bond motifs is 1. The molecular formula is C19H22Cl3N4O-. The summed E-state index contributed by atoms with van der Waals surface area (Å²) in [5, 5.41) is 20.1. The van der Waals surface area contributed by atoms with E-state index in [4.69, 9.17) is 28.6 Å². The molecule has 3 rings (SSSR count). The summed E-state index contributed by atoms with van der Waals surface area (Å²) in [5.41, 5.74) is 2.96. The van der Waals surface area contributed by atoms with Crippen molar-refractivity contribution in [3.63, 3.8) is 0 Å². The molecule has 0 amide bonds. The molecule has 1 atom stereocenters. The number of imidazole rings is 1. The number of aromatic nitrogens is 2. The Bertz CT molecular complexity index is 981. The summed E-state index contributed by atoms with van der Waals surface area (Å²) in [6, 6.07) is 13.0. The van der Waals surface area contributed by atoms with Crippen molar-refractivity contribution in [1.29, 1.82) is 5.41 Å². The van der Waals surface area contributed by atoms with Crippen LogP contribution in [0.2, 0.25) is 10.0 Å². The number of aliphatic hydroxyl groups excluding tert-OH is 1. The minimum Gasteiger partial charge on any atom is -1.00 e. The molecule has 1 unspecified atom stereocenters. The summed E-state index contributed by atoms with van der Waals surface area (Å²) >= 11 is 12.0. The zero-order valence-electron chi connectivity index (χ0n) is 15.2. The van der Waals surface area contributed by atoms with Crippen molar-refractivity contribution in [3.05, 3.63) is 63.7 Å². The normalized spacial score (nSPS) is 12.4. The number of nitrogens with zero attached hydrogens (tertiary/aromatic N) is 3. The summed E-state index contributed by atoms with van der Waals surface area (Å²) in [6.07, 6.45) is -0.785. The molecule has 0 fully saturated rings. The highest BCUT2D eigenvalue weighted by atomic mass is 35.5. The van der Waals surface area contributed by atoms with Gasteiger partial charge in [-0.2, -0.15) is 0 Å². The van der Waals surface area contributed by atoms with Gasteiger partial charge >= 0.3 is 0 Å². The van der Waals surface area contributed by atoms with Gasteiger partial charge < -0.3 is 31.5 Å². The van der Waals surface area contributed by atoms with Crippen LogP contribution in [0.1, 0.15) is 11.7 Å². The number of hydrogen-bond donors (Lipinski definition) is 2. The van der Waals surface area contributed by atoms with Gasteiger partial charge in [0.1, 0.15) is 0 Å². The molecule has 0 aliphatic rings. The molecule has 0 aliphatic heterocycles. The molecule has 27 heavy (non-hydrogen) atoms. The lowest BCUT2D eigenvalue weighted by Crippen LogP contribution is -3.00. The van der Waals surface area contributed by atoms with Gasteiger partial charge in [0.15, 0.2) is 0 Å². The van der Waals surface area contributed by atoms with E-state index in [0.29, 0.717) is 27.8 Å². The molecule has 5 nitrogen and oxygen atoms in total. The van der Waals surface area contributed by atoms with Crippen LogP contribution in [-0.4, -0.2) is 39.8 Å². The monoisotopic (exact) mass is 427 g/mol. The molecular weight excluding hydrogens is 407 g/mol. The zero-order valence-corrected chi connectivity index (χ0v) is 17.4. The Hall–Kier alpha value is -1.50. The fourth-order valence-electron chi connectivity index (χ4n) is 3.00. The Kier molecular flexibility index (Phi) is 7.37. The summed E-state index contributed by atoms with van der Waals surface area (Å²) in [7, 11) is 4.02. The van der Waals surface area contributed by atoms with Gasteiger partial charge in [-0.1, -0.05) is 41.4 Å². The third-order valence-electron chi connectivity index (χ3n) is 4.43. The predicted molar refractivity (Wildman–Crippen MR) is 106 cm³/mol. The topological polar surface area (TPSA) is 57.2 Å². The lowest BCUT2D eigenvalue weighted by molar-refractivity contribution is -0.00000724. The molecule has 2 aromatic carbocycles. The zero-order chi connectivity index (χ0) is 18.8. The molecule has 0 spiro atoms. The van der Waals surface area contributed by atoms with Crippen LogP contribution in [0, 0.1) is 5.41 Å². The van der Waals surface area contributed by atoms with Crippen LogP contribution >= 0.6 is 23.2 Å². The van der Waals surface area contributed by atoms with Gasteiger partial charge in [0.05, 0.1) is 33.7 Å². The summed E-state index contributed by atoms with van der Waals surface area (Å²) < 4.78 is 3.80. The molecule has 0 aliphatic carbocycles. The Morgan fingerprint density at radius 3 is 2.26 bits per heavy atom. The quantitative estimate of drug-likeness (QED) is 0.602. The lowest BCUT2D eigenvalue weighted by atomic mass is 10.1. The Labute approximate surface area is 174 Å². The van der Waals surface area contributed by atoms with Gasteiger partial charge in [0.25, 0.3) is 0 Å². The van der Waals surface area contributed by atoms with Crippen molar-refractivity contribution < 1.29 is 17.5 Å². The second kappa shape index (κ2) is 9.13. The van der Waals surface area contributed by atoms with Crippen LogP contribution in [0.3, 0.4) is 0 Å². The first kappa shape index (κ1) is 21.8. The van der Waals surface area contributed by atoms with Crippen LogP contribution in [0.5, 0.6) is 0 Å². The number of nitrogens with one attached hydrogen (secondary N) is 1. The molecule has 2 N–H and O–H groups in total. The highest BCUT2D eigenvalue weighted by molar-refractivity contribution is 6.42. The number of halogens is 3. The van der Waals surface area contributed by atoms with Crippen LogP contribution < -0.4 is 18.0 Å². The molecule has 0 saturated carbocycles. The van der Waals surface area contributed by atoms with Gasteiger partial charge in [0, 0.05) is 13.1 Å². The predicted octanol–water partition coefficient (Wildman–Crippen LogP) is 0.528. The third kappa shape index (κ3) is 4.68. The smallest absolute Gasteiger partial charge is 0.203 e. The number of hydrogen-bond acceptors (Lipinski definition) is 3. The van der Waals surface area contributed by atoms with Gasteiger partial charge in [-0.15, -0.1) is 0 Å². The molecule has 0 radical (unpaired) electrons. The molecule has 8 heteroatoms. The second-order valence-electron chi connectivity index (χ2n) is 6.57. The highest BCUT2D eigenvalue weighted by Crippen LogP contribution is 2.26. The van der Waals surface area contributed by atoms with Gasteiger partial charge in [0.2, 0.25) is 5.62 Å². The van der Waals surface area contributed by atoms with Crippen molar-refractivity contribution in [2.24, 2.45) is 0 Å². The minimum absolute atomic E-state index is 0. The van der Waals surface area contributed by atoms with E-state index in [9.17, 15) is 5.11 Å². The molecule has 1 aromatic heterocycles. The Balaban J connectivity index is 0.00000261. The van der Waals surface area contributed by atoms with E-state index in [1.165, 1.54) is 0 Å². The maximum atomic E-state index is 10.7. The molecule has 0 bridgehead atoms. The molecule has 146 valence electrons. The fourth-order valence-corrected chi connectivity index (χ4v) is 3.31. The van der Waals surface area contributed by atoms with E-state index >= 15 is 0 Å². The van der Waals surface area contributed by atoms with Crippen LogP contribution in [0.15, 0.2) is 42.5 Å². The van der Waals surface area contributed by atoms with Crippen LogP contribution in [0.4, 0.5) is 0 Å². The SMILES string of the molecule is CN(C)CCn1c(=N)n(CC(O)c2ccc(Cl)c(Cl)c2)c2ccccc21.[Cl-]. The van der Waals surface area contributed by atoms with Crippen molar-refractivity contribution in [3.8, 4) is 0 Å². The first-order valence-corrected chi connectivity index (χ1v) is 9.14. The molecule has 0 saturated heterocycles. The average Bonchev–Trinajstić information content (AvgIpc) is 2.87. The minimum atomic E-state index is -0.785. The van der Waals surface area contributed by atoms with E-state index in [0.717, 1.165) is 17.6 Å². The first-order chi connectivity index (χ1) is 12.4. The first-order valence-electron chi connectivity index (χ1n) is 8.39. The Morgan fingerprint density at radius 1 is 1.04 bits per heavy atom. The summed E-state index contributed by atoms with van der Waals surface area (Å²) in [5.74, 6) is 0. The van der Waals surface area contributed by atoms with Crippen molar-refractivity contribution in [2.45, 2.75) is 19.2 Å². The third-order valence-corrected chi connectivity index (χ3v) is 5.17. The van der Waals surface area contributed by atoms with E-state index in [-0.39, 0.29) is 19.0 Å². The number of aliphatic hydroxyl groups is 1. The van der Waals surface area contributed by atoms with Gasteiger partial charge in [-0.05, 0) is 43.9 Å². The van der Waals surface area contributed by atoms with Crippen LogP contribution in [-0.2, 0) is 13.1 Å². The maximum absolute atomic E-state index is 10.7. The van der Waals surface area contributed by atoms with E-state index in [1.807, 2.05) is 47.5 Å². The van der Waals surface area contributed by atoms with Crippen molar-refractivity contribution in [1.82, 2.24) is 14.0 Å². The molecule has 3 aromatic rings. The van der Waals surface area contributed by atoms with Crippen molar-refractivity contribution >= 4 is 34.2 Å². The largest absolute Gasteiger partial charge is 1.00 e. The number of benzene rings is 2. The van der Waals surface area contributed by atoms with Gasteiger partial charge in [-0.3, -0.25) is 5.41 Å². The van der Waals surface area contributed by atoms with Gasteiger partial charge in [-0.25, -0.2) is 0 Å². The second-order valence-corrected chi connectivity index (χ2v) is 7.38. The molecule has 1 heterocycles. The summed E-state index contributed by atoms with van der Waals surface area (Å²) in [6.45, 7) is 1.81. The fraction of sp³-hybridized carbons (Fsp3) is 0.316. The van der Waals surface area contributed by atoms with E-state index < -0.39 is 6.10 Å². The van der Waals surface area contributed by atoms with E-state index in [2.05, 4.69) is 4.90 Å². The van der Waals surface area contributed by atoms with Crippen LogP contribution in [0.25, 0.3) is 11.0 Å². The average molecular weight is 429 g/mol. The van der Waals surface area contributed by atoms with E-state index in [1.54, 1.807) is 18.2 Å². The standard InChI is InChI=1S/C19H22Cl2N4O.ClH/c1-23(2)9-10-24-16-5-3-4-6-17(16)25(19(24)22)12-18(26)13-7-8-14(20)15(21)11-13;/h3-8,11,18,22,26H,9-10,12H2,1-2H3;1H/p-1. The number of para-hydroxylation sites is 2.